The SMILES string of the molecule is C[C@H](COc1ccc(F)cc1)NC(=O)N[C@H]1CCO[C@@H](C2CC2)C1. The molecule has 1 aliphatic heterocycles. The fourth-order valence-corrected chi connectivity index (χ4v) is 3.00. The molecule has 0 bridgehead atoms. The Balaban J connectivity index is 1.36. The van der Waals surface area contributed by atoms with Crippen LogP contribution in [0.2, 0.25) is 0 Å². The third kappa shape index (κ3) is 5.09. The predicted molar refractivity (Wildman–Crippen MR) is 88.5 cm³/mol. The van der Waals surface area contributed by atoms with E-state index in [1.165, 1.54) is 25.0 Å². The summed E-state index contributed by atoms with van der Waals surface area (Å²) >= 11 is 0. The minimum Gasteiger partial charge on any atom is -0.491 e. The molecule has 1 saturated carbocycles. The van der Waals surface area contributed by atoms with Crippen LogP contribution in [-0.4, -0.2) is 37.4 Å². The smallest absolute Gasteiger partial charge is 0.315 e. The lowest BCUT2D eigenvalue weighted by Crippen LogP contribution is -2.49. The molecular weight excluding hydrogens is 311 g/mol. The molecule has 2 aliphatic rings. The standard InChI is InChI=1S/C18H25FN2O3/c1-12(11-24-16-6-4-14(19)5-7-16)20-18(22)21-15-8-9-23-17(10-15)13-2-3-13/h4-7,12-13,15,17H,2-3,8-11H2,1H3,(H2,20,21,22)/t12-,15+,17-/m1/s1. The van der Waals surface area contributed by atoms with E-state index in [9.17, 15) is 9.18 Å². The average molecular weight is 336 g/mol. The van der Waals surface area contributed by atoms with Crippen LogP contribution in [0.3, 0.4) is 0 Å². The van der Waals surface area contributed by atoms with E-state index in [4.69, 9.17) is 9.47 Å². The van der Waals surface area contributed by atoms with Crippen LogP contribution in [0, 0.1) is 11.7 Å². The summed E-state index contributed by atoms with van der Waals surface area (Å²) in [4.78, 5) is 12.1. The van der Waals surface area contributed by atoms with E-state index >= 15 is 0 Å². The highest BCUT2D eigenvalue weighted by atomic mass is 19.1. The van der Waals surface area contributed by atoms with Crippen molar-refractivity contribution >= 4 is 6.03 Å². The van der Waals surface area contributed by atoms with E-state index in [2.05, 4.69) is 10.6 Å². The zero-order valence-electron chi connectivity index (χ0n) is 14.0. The van der Waals surface area contributed by atoms with E-state index in [0.717, 1.165) is 19.4 Å². The largest absolute Gasteiger partial charge is 0.491 e. The fraction of sp³-hybridized carbons (Fsp3) is 0.611. The predicted octanol–water partition coefficient (Wildman–Crippen LogP) is 2.85. The van der Waals surface area contributed by atoms with Crippen molar-refractivity contribution in [1.82, 2.24) is 10.6 Å². The van der Waals surface area contributed by atoms with E-state index in [0.29, 0.717) is 24.4 Å². The highest BCUT2D eigenvalue weighted by Crippen LogP contribution is 2.38. The molecule has 0 aromatic heterocycles. The van der Waals surface area contributed by atoms with Gasteiger partial charge in [0.25, 0.3) is 0 Å². The number of carbonyl (C=O) groups is 1. The Kier molecular flexibility index (Phi) is 5.56. The Morgan fingerprint density at radius 2 is 2.08 bits per heavy atom. The van der Waals surface area contributed by atoms with Crippen molar-refractivity contribution < 1.29 is 18.7 Å². The maximum Gasteiger partial charge on any atom is 0.315 e. The quantitative estimate of drug-likeness (QED) is 0.840. The van der Waals surface area contributed by atoms with Crippen LogP contribution in [0.25, 0.3) is 0 Å². The molecule has 1 heterocycles. The van der Waals surface area contributed by atoms with Gasteiger partial charge in [-0.2, -0.15) is 0 Å². The first-order chi connectivity index (χ1) is 11.6. The Labute approximate surface area is 141 Å². The van der Waals surface area contributed by atoms with Crippen LogP contribution in [0.15, 0.2) is 24.3 Å². The third-order valence-corrected chi connectivity index (χ3v) is 4.49. The van der Waals surface area contributed by atoms with Crippen molar-refractivity contribution in [1.29, 1.82) is 0 Å². The highest BCUT2D eigenvalue weighted by Gasteiger charge is 2.36. The summed E-state index contributed by atoms with van der Waals surface area (Å²) in [5.41, 5.74) is 0. The molecule has 2 fully saturated rings. The lowest BCUT2D eigenvalue weighted by atomic mass is 10.0. The molecule has 0 radical (unpaired) electrons. The summed E-state index contributed by atoms with van der Waals surface area (Å²) in [6.45, 7) is 2.92. The van der Waals surface area contributed by atoms with Crippen LogP contribution in [-0.2, 0) is 4.74 Å². The molecule has 132 valence electrons. The Morgan fingerprint density at radius 1 is 1.33 bits per heavy atom. The van der Waals surface area contributed by atoms with Crippen molar-refractivity contribution in [2.24, 2.45) is 5.92 Å². The molecular formula is C18H25FN2O3. The Hall–Kier alpha value is -1.82. The molecule has 0 spiro atoms. The van der Waals surface area contributed by atoms with Crippen LogP contribution >= 0.6 is 0 Å². The maximum absolute atomic E-state index is 12.8. The molecule has 1 saturated heterocycles. The Morgan fingerprint density at radius 3 is 2.79 bits per heavy atom. The topological polar surface area (TPSA) is 59.6 Å². The van der Waals surface area contributed by atoms with Crippen LogP contribution in [0.1, 0.15) is 32.6 Å². The number of nitrogens with one attached hydrogen (secondary N) is 2. The monoisotopic (exact) mass is 336 g/mol. The maximum atomic E-state index is 12.8. The van der Waals surface area contributed by atoms with Crippen LogP contribution in [0.4, 0.5) is 9.18 Å². The van der Waals surface area contributed by atoms with Crippen molar-refractivity contribution in [3.8, 4) is 5.75 Å². The molecule has 1 aliphatic carbocycles. The minimum absolute atomic E-state index is 0.144. The number of urea groups is 1. The van der Waals surface area contributed by atoms with Gasteiger partial charge in [-0.15, -0.1) is 0 Å². The van der Waals surface area contributed by atoms with Crippen LogP contribution in [0.5, 0.6) is 5.75 Å². The first-order valence-electron chi connectivity index (χ1n) is 8.67. The number of amides is 2. The van der Waals surface area contributed by atoms with Gasteiger partial charge in [-0.1, -0.05) is 0 Å². The van der Waals surface area contributed by atoms with Gasteiger partial charge < -0.3 is 20.1 Å². The molecule has 24 heavy (non-hydrogen) atoms. The van der Waals surface area contributed by atoms with Crippen molar-refractivity contribution in [2.75, 3.05) is 13.2 Å². The van der Waals surface area contributed by atoms with E-state index in [-0.39, 0.29) is 23.9 Å². The summed E-state index contributed by atoms with van der Waals surface area (Å²) in [5, 5.41) is 5.91. The molecule has 2 amide bonds. The first kappa shape index (κ1) is 17.0. The zero-order chi connectivity index (χ0) is 16.9. The summed E-state index contributed by atoms with van der Waals surface area (Å²) < 4.78 is 24.1. The van der Waals surface area contributed by atoms with Gasteiger partial charge in [0.2, 0.25) is 0 Å². The van der Waals surface area contributed by atoms with Gasteiger partial charge in [0.05, 0.1) is 12.1 Å². The number of benzene rings is 1. The fourth-order valence-electron chi connectivity index (χ4n) is 3.00. The summed E-state index contributed by atoms with van der Waals surface area (Å²) in [6.07, 6.45) is 4.57. The van der Waals surface area contributed by atoms with Gasteiger partial charge in [0, 0.05) is 12.6 Å². The van der Waals surface area contributed by atoms with Crippen molar-refractivity contribution in [2.45, 2.75) is 50.8 Å². The highest BCUT2D eigenvalue weighted by molar-refractivity contribution is 5.74. The third-order valence-electron chi connectivity index (χ3n) is 4.49. The molecule has 3 rings (SSSR count). The second-order valence-corrected chi connectivity index (χ2v) is 6.75. The van der Waals surface area contributed by atoms with Gasteiger partial charge in [-0.25, -0.2) is 9.18 Å². The van der Waals surface area contributed by atoms with Gasteiger partial charge in [-0.3, -0.25) is 0 Å². The number of hydrogen-bond donors (Lipinski definition) is 2. The van der Waals surface area contributed by atoms with Crippen molar-refractivity contribution in [3.63, 3.8) is 0 Å². The lowest BCUT2D eigenvalue weighted by Gasteiger charge is -2.30. The summed E-state index contributed by atoms with van der Waals surface area (Å²) in [6, 6.07) is 5.70. The van der Waals surface area contributed by atoms with Crippen molar-refractivity contribution in [3.05, 3.63) is 30.1 Å². The number of rotatable bonds is 6. The molecule has 1 aromatic carbocycles. The molecule has 2 N–H and O–H groups in total. The van der Waals surface area contributed by atoms with Crippen LogP contribution < -0.4 is 15.4 Å². The minimum atomic E-state index is -0.297. The molecule has 0 unspecified atom stereocenters. The zero-order valence-corrected chi connectivity index (χ0v) is 14.0. The molecule has 3 atom stereocenters. The van der Waals surface area contributed by atoms with Gasteiger partial charge in [-0.05, 0) is 62.8 Å². The van der Waals surface area contributed by atoms with Gasteiger partial charge in [0.15, 0.2) is 0 Å². The first-order valence-corrected chi connectivity index (χ1v) is 8.67. The molecule has 5 nitrogen and oxygen atoms in total. The van der Waals surface area contributed by atoms with E-state index in [1.807, 2.05) is 6.92 Å². The van der Waals surface area contributed by atoms with Gasteiger partial charge in [0.1, 0.15) is 18.2 Å². The van der Waals surface area contributed by atoms with E-state index in [1.54, 1.807) is 12.1 Å². The number of carbonyl (C=O) groups excluding carboxylic acids is 1. The normalized spacial score (nSPS) is 24.9. The second kappa shape index (κ2) is 7.83. The number of halogens is 1. The lowest BCUT2D eigenvalue weighted by molar-refractivity contribution is -0.00919. The Bertz CT molecular complexity index is 548. The summed E-state index contributed by atoms with van der Waals surface area (Å²) in [5.74, 6) is 0.983. The van der Waals surface area contributed by atoms with Gasteiger partial charge >= 0.3 is 6.03 Å². The summed E-state index contributed by atoms with van der Waals surface area (Å²) in [7, 11) is 0. The number of ether oxygens (including phenoxy) is 2. The number of hydrogen-bond acceptors (Lipinski definition) is 3. The molecule has 1 aromatic rings. The average Bonchev–Trinajstić information content (AvgIpc) is 3.39. The van der Waals surface area contributed by atoms with E-state index < -0.39 is 0 Å². The second-order valence-electron chi connectivity index (χ2n) is 6.75. The molecule has 6 heteroatoms.